The molecule has 1 aliphatic heterocycles. The molecule has 1 atom stereocenters. The third-order valence-electron chi connectivity index (χ3n) is 3.10. The molecule has 1 fully saturated rings. The first-order valence-corrected chi connectivity index (χ1v) is 7.52. The van der Waals surface area contributed by atoms with Gasteiger partial charge in [0.15, 0.2) is 15.9 Å². The normalized spacial score (nSPS) is 17.7. The number of amides is 1. The van der Waals surface area contributed by atoms with Gasteiger partial charge in [0.25, 0.3) is 5.91 Å². The van der Waals surface area contributed by atoms with Crippen molar-refractivity contribution >= 4 is 39.7 Å². The summed E-state index contributed by atoms with van der Waals surface area (Å²) in [5.41, 5.74) is 1.35. The zero-order valence-corrected chi connectivity index (χ0v) is 12.4. The van der Waals surface area contributed by atoms with Crippen molar-refractivity contribution in [2.75, 3.05) is 4.90 Å². The first kappa shape index (κ1) is 13.7. The molecule has 1 amide bonds. The van der Waals surface area contributed by atoms with Crippen LogP contribution < -0.4 is 10.2 Å². The smallest absolute Gasteiger partial charge is 0.258 e. The number of nitrogens with one attached hydrogen (secondary N) is 1. The highest BCUT2D eigenvalue weighted by atomic mass is 32.1. The van der Waals surface area contributed by atoms with Gasteiger partial charge in [-0.15, -0.1) is 11.3 Å². The molecule has 1 N–H and O–H groups in total. The van der Waals surface area contributed by atoms with Gasteiger partial charge in [-0.2, -0.15) is 5.26 Å². The van der Waals surface area contributed by atoms with Crippen molar-refractivity contribution < 1.29 is 4.79 Å². The van der Waals surface area contributed by atoms with E-state index in [4.69, 9.17) is 17.5 Å². The number of nitrogens with zero attached hydrogens (tertiary/aromatic N) is 3. The Morgan fingerprint density at radius 1 is 1.43 bits per heavy atom. The number of benzene rings is 1. The summed E-state index contributed by atoms with van der Waals surface area (Å²) in [5, 5.41) is 14.2. The van der Waals surface area contributed by atoms with E-state index in [0.717, 1.165) is 5.56 Å². The molecular formula is C14H10N4OS2. The molecule has 0 saturated carbocycles. The van der Waals surface area contributed by atoms with Crippen molar-refractivity contribution in [3.05, 3.63) is 47.0 Å². The van der Waals surface area contributed by atoms with Crippen molar-refractivity contribution in [1.82, 2.24) is 10.3 Å². The number of hydrogen-bond donors (Lipinski definition) is 1. The van der Waals surface area contributed by atoms with E-state index < -0.39 is 6.04 Å². The van der Waals surface area contributed by atoms with E-state index in [1.807, 2.05) is 36.4 Å². The Kier molecular flexibility index (Phi) is 3.64. The minimum absolute atomic E-state index is 0.136. The van der Waals surface area contributed by atoms with E-state index in [9.17, 15) is 4.79 Å². The van der Waals surface area contributed by atoms with Crippen molar-refractivity contribution in [3.63, 3.8) is 0 Å². The van der Waals surface area contributed by atoms with Crippen LogP contribution in [0.5, 0.6) is 0 Å². The van der Waals surface area contributed by atoms with E-state index in [1.165, 1.54) is 16.2 Å². The molecule has 2 heterocycles. The van der Waals surface area contributed by atoms with Gasteiger partial charge >= 0.3 is 0 Å². The molecule has 1 aliphatic rings. The first-order valence-electron chi connectivity index (χ1n) is 6.23. The Hall–Kier alpha value is -2.30. The lowest BCUT2D eigenvalue weighted by Crippen LogP contribution is -2.32. The molecule has 0 bridgehead atoms. The molecule has 2 aromatic rings. The van der Waals surface area contributed by atoms with Gasteiger partial charge in [-0.05, 0) is 17.8 Å². The zero-order chi connectivity index (χ0) is 14.8. The van der Waals surface area contributed by atoms with E-state index in [2.05, 4.69) is 10.3 Å². The Morgan fingerprint density at radius 2 is 2.19 bits per heavy atom. The molecule has 21 heavy (non-hydrogen) atoms. The highest BCUT2D eigenvalue weighted by Gasteiger charge is 2.37. The van der Waals surface area contributed by atoms with Crippen molar-refractivity contribution in [3.8, 4) is 6.07 Å². The minimum Gasteiger partial charge on any atom is -0.350 e. The third-order valence-corrected chi connectivity index (χ3v) is 4.23. The summed E-state index contributed by atoms with van der Waals surface area (Å²) in [6, 6.07) is 11.3. The Balaban J connectivity index is 1.81. The number of aromatic nitrogens is 1. The summed E-state index contributed by atoms with van der Waals surface area (Å²) in [6.45, 7) is 0. The van der Waals surface area contributed by atoms with Crippen LogP contribution in [0.2, 0.25) is 0 Å². The van der Waals surface area contributed by atoms with Gasteiger partial charge in [-0.1, -0.05) is 30.3 Å². The highest BCUT2D eigenvalue weighted by molar-refractivity contribution is 7.80. The fourth-order valence-corrected chi connectivity index (χ4v) is 3.26. The monoisotopic (exact) mass is 314 g/mol. The molecule has 7 heteroatoms. The van der Waals surface area contributed by atoms with Crippen LogP contribution in [0, 0.1) is 11.3 Å². The maximum Gasteiger partial charge on any atom is 0.258 e. The number of carbonyl (C=O) groups is 1. The number of thiocarbonyl (C=S) groups is 1. The third kappa shape index (κ3) is 2.63. The van der Waals surface area contributed by atoms with Gasteiger partial charge in [0, 0.05) is 11.8 Å². The lowest BCUT2D eigenvalue weighted by atomic mass is 10.1. The molecule has 0 aliphatic carbocycles. The Morgan fingerprint density at radius 3 is 2.86 bits per heavy atom. The first-order chi connectivity index (χ1) is 10.2. The number of anilines is 1. The van der Waals surface area contributed by atoms with Crippen LogP contribution >= 0.6 is 23.6 Å². The predicted molar refractivity (Wildman–Crippen MR) is 84.0 cm³/mol. The van der Waals surface area contributed by atoms with Crippen LogP contribution in [0.25, 0.3) is 0 Å². The van der Waals surface area contributed by atoms with Gasteiger partial charge in [-0.25, -0.2) is 9.88 Å². The lowest BCUT2D eigenvalue weighted by molar-refractivity contribution is -0.118. The predicted octanol–water partition coefficient (Wildman–Crippen LogP) is 1.85. The van der Waals surface area contributed by atoms with E-state index >= 15 is 0 Å². The number of nitriles is 1. The van der Waals surface area contributed by atoms with Crippen LogP contribution in [-0.2, 0) is 11.2 Å². The molecule has 0 spiro atoms. The molecule has 3 rings (SSSR count). The second-order valence-electron chi connectivity index (χ2n) is 4.49. The standard InChI is InChI=1S/C14H10N4OS2/c15-7-10-8-21-14(16-10)18-12(19)11(17-13(18)20)6-9-4-2-1-3-5-9/h1-5,8,11H,6H2,(H,17,20). The maximum atomic E-state index is 12.5. The quantitative estimate of drug-likeness (QED) is 0.876. The number of hydrogen-bond acceptors (Lipinski definition) is 5. The molecule has 0 radical (unpaired) electrons. The van der Waals surface area contributed by atoms with E-state index in [-0.39, 0.29) is 11.6 Å². The minimum atomic E-state index is -0.394. The molecule has 1 saturated heterocycles. The van der Waals surface area contributed by atoms with Crippen LogP contribution in [-0.4, -0.2) is 22.0 Å². The van der Waals surface area contributed by atoms with E-state index in [1.54, 1.807) is 5.38 Å². The molecule has 1 unspecified atom stereocenters. The number of thiazole rings is 1. The van der Waals surface area contributed by atoms with Crippen LogP contribution in [0.15, 0.2) is 35.7 Å². The second kappa shape index (κ2) is 5.60. The SMILES string of the molecule is N#Cc1csc(N2C(=O)C(Cc3ccccc3)NC2=S)n1. The fraction of sp³-hybridized carbons (Fsp3) is 0.143. The van der Waals surface area contributed by atoms with Crippen LogP contribution in [0.4, 0.5) is 5.13 Å². The second-order valence-corrected chi connectivity index (χ2v) is 5.72. The van der Waals surface area contributed by atoms with E-state index in [0.29, 0.717) is 16.7 Å². The fourth-order valence-electron chi connectivity index (χ4n) is 2.12. The topological polar surface area (TPSA) is 69.0 Å². The summed E-state index contributed by atoms with van der Waals surface area (Å²) in [7, 11) is 0. The molecule has 5 nitrogen and oxygen atoms in total. The summed E-state index contributed by atoms with van der Waals surface area (Å²) in [4.78, 5) is 17.9. The zero-order valence-electron chi connectivity index (χ0n) is 10.8. The molecule has 1 aromatic heterocycles. The van der Waals surface area contributed by atoms with Gasteiger partial charge in [0.2, 0.25) is 0 Å². The lowest BCUT2D eigenvalue weighted by Gasteiger charge is -2.10. The number of rotatable bonds is 3. The number of carbonyl (C=O) groups excluding carboxylic acids is 1. The Bertz CT molecular complexity index is 735. The van der Waals surface area contributed by atoms with Crippen LogP contribution in [0.1, 0.15) is 11.3 Å². The van der Waals surface area contributed by atoms with Crippen LogP contribution in [0.3, 0.4) is 0 Å². The molecule has 104 valence electrons. The molecular weight excluding hydrogens is 304 g/mol. The highest BCUT2D eigenvalue weighted by Crippen LogP contribution is 2.24. The van der Waals surface area contributed by atoms with Gasteiger partial charge in [-0.3, -0.25) is 4.79 Å². The largest absolute Gasteiger partial charge is 0.350 e. The van der Waals surface area contributed by atoms with Gasteiger partial charge in [0.05, 0.1) is 0 Å². The summed E-state index contributed by atoms with van der Waals surface area (Å²) in [6.07, 6.45) is 0.562. The van der Waals surface area contributed by atoms with Gasteiger partial charge in [0.1, 0.15) is 12.1 Å². The average Bonchev–Trinajstić information content (AvgIpc) is 3.05. The molecule has 1 aromatic carbocycles. The average molecular weight is 314 g/mol. The maximum absolute atomic E-state index is 12.5. The summed E-state index contributed by atoms with van der Waals surface area (Å²) in [5.74, 6) is -0.136. The summed E-state index contributed by atoms with van der Waals surface area (Å²) < 4.78 is 0. The van der Waals surface area contributed by atoms with Crippen molar-refractivity contribution in [2.24, 2.45) is 0 Å². The summed E-state index contributed by atoms with van der Waals surface area (Å²) >= 11 is 6.45. The van der Waals surface area contributed by atoms with Crippen molar-refractivity contribution in [1.29, 1.82) is 5.26 Å². The van der Waals surface area contributed by atoms with Crippen molar-refractivity contribution in [2.45, 2.75) is 12.5 Å². The Labute approximate surface area is 130 Å². The van der Waals surface area contributed by atoms with Gasteiger partial charge < -0.3 is 5.32 Å².